The highest BCUT2D eigenvalue weighted by Gasteiger charge is 2.40. The second-order valence-corrected chi connectivity index (χ2v) is 8.99. The van der Waals surface area contributed by atoms with Gasteiger partial charge in [-0.3, -0.25) is 4.79 Å². The Morgan fingerprint density at radius 3 is 2.85 bits per heavy atom. The minimum atomic E-state index is 0.427. The predicted octanol–water partition coefficient (Wildman–Crippen LogP) is 1.67. The first kappa shape index (κ1) is 16.6. The molecule has 2 saturated carbocycles. The van der Waals surface area contributed by atoms with Gasteiger partial charge in [-0.2, -0.15) is 0 Å². The van der Waals surface area contributed by atoms with E-state index in [1.54, 1.807) is 4.90 Å². The van der Waals surface area contributed by atoms with E-state index in [1.807, 2.05) is 0 Å². The molecule has 4 nitrogen and oxygen atoms in total. The maximum absolute atomic E-state index is 12.7. The molecule has 0 spiro atoms. The maximum atomic E-state index is 12.7. The molecule has 140 valence electrons. The summed E-state index contributed by atoms with van der Waals surface area (Å²) in [4.78, 5) is 16.5. The van der Waals surface area contributed by atoms with Crippen LogP contribution in [0.25, 0.3) is 0 Å². The molecule has 3 atom stereocenters. The van der Waals surface area contributed by atoms with Gasteiger partial charge in [0.1, 0.15) is 12.3 Å². The third-order valence-corrected chi connectivity index (χ3v) is 7.35. The molecule has 26 heavy (non-hydrogen) atoms. The van der Waals surface area contributed by atoms with E-state index in [2.05, 4.69) is 23.1 Å². The summed E-state index contributed by atoms with van der Waals surface area (Å²) in [5.41, 5.74) is 2.77. The second kappa shape index (κ2) is 6.88. The highest BCUT2D eigenvalue weighted by molar-refractivity contribution is 5.76. The lowest BCUT2D eigenvalue weighted by atomic mass is 9.86. The third kappa shape index (κ3) is 3.24. The normalized spacial score (nSPS) is 30.5. The molecular formula is C22H31N2O2+. The van der Waals surface area contributed by atoms with Gasteiger partial charge in [0.15, 0.2) is 0 Å². The first-order valence-electron chi connectivity index (χ1n) is 10.6. The molecule has 2 heterocycles. The highest BCUT2D eigenvalue weighted by atomic mass is 16.5. The number of piperazine rings is 1. The quantitative estimate of drug-likeness (QED) is 0.892. The Hall–Kier alpha value is -1.55. The zero-order valence-electron chi connectivity index (χ0n) is 15.7. The predicted molar refractivity (Wildman–Crippen MR) is 100 cm³/mol. The molecule has 1 aromatic carbocycles. The molecule has 3 fully saturated rings. The summed E-state index contributed by atoms with van der Waals surface area (Å²) < 4.78 is 5.61. The number of fused-ring (bicyclic) bond motifs is 3. The number of amides is 1. The van der Waals surface area contributed by atoms with Crippen molar-refractivity contribution in [2.24, 2.45) is 17.8 Å². The lowest BCUT2D eigenvalue weighted by Gasteiger charge is -2.33. The van der Waals surface area contributed by atoms with Crippen molar-refractivity contribution in [3.05, 3.63) is 29.3 Å². The van der Waals surface area contributed by atoms with Crippen LogP contribution in [0.3, 0.4) is 0 Å². The Kier molecular flexibility index (Phi) is 4.39. The van der Waals surface area contributed by atoms with E-state index in [0.717, 1.165) is 69.8 Å². The van der Waals surface area contributed by atoms with Gasteiger partial charge in [-0.25, -0.2) is 0 Å². The summed E-state index contributed by atoms with van der Waals surface area (Å²) >= 11 is 0. The Morgan fingerprint density at radius 1 is 1.19 bits per heavy atom. The summed E-state index contributed by atoms with van der Waals surface area (Å²) in [6.45, 7) is 5.93. The molecule has 0 aromatic heterocycles. The Labute approximate surface area is 156 Å². The van der Waals surface area contributed by atoms with E-state index in [9.17, 15) is 4.79 Å². The molecule has 4 aliphatic rings. The smallest absolute Gasteiger partial charge is 0.223 e. The molecule has 0 radical (unpaired) electrons. The Bertz CT molecular complexity index is 681. The molecule has 2 aliphatic carbocycles. The van der Waals surface area contributed by atoms with Crippen molar-refractivity contribution in [1.82, 2.24) is 4.90 Å². The molecule has 2 aliphatic heterocycles. The van der Waals surface area contributed by atoms with Gasteiger partial charge in [0.25, 0.3) is 0 Å². The molecule has 2 bridgehead atoms. The van der Waals surface area contributed by atoms with Crippen LogP contribution in [-0.2, 0) is 17.8 Å². The van der Waals surface area contributed by atoms with Crippen LogP contribution in [0.2, 0.25) is 0 Å². The lowest BCUT2D eigenvalue weighted by molar-refractivity contribution is -0.917. The van der Waals surface area contributed by atoms with E-state index >= 15 is 0 Å². The number of rotatable bonds is 4. The Balaban J connectivity index is 1.11. The van der Waals surface area contributed by atoms with Crippen molar-refractivity contribution in [1.29, 1.82) is 0 Å². The number of benzene rings is 1. The maximum Gasteiger partial charge on any atom is 0.223 e. The van der Waals surface area contributed by atoms with Crippen molar-refractivity contribution in [2.45, 2.75) is 45.1 Å². The molecule has 5 rings (SSSR count). The summed E-state index contributed by atoms with van der Waals surface area (Å²) in [5.74, 6) is 3.99. The van der Waals surface area contributed by atoms with E-state index < -0.39 is 0 Å². The SMILES string of the molecule is O=C(C[C@H]1C[C@H]2CC[C@@H]1C2)N1CC[NH+](Cc2ccc3c(c2)CCO3)CC1. The number of hydrogen-bond donors (Lipinski definition) is 1. The van der Waals surface area contributed by atoms with Gasteiger partial charge in [-0.05, 0) is 60.8 Å². The second-order valence-electron chi connectivity index (χ2n) is 8.99. The van der Waals surface area contributed by atoms with Crippen LogP contribution in [0.4, 0.5) is 0 Å². The summed E-state index contributed by atoms with van der Waals surface area (Å²) in [7, 11) is 0. The zero-order chi connectivity index (χ0) is 17.5. The van der Waals surface area contributed by atoms with Crippen LogP contribution in [0.1, 0.15) is 43.2 Å². The number of ether oxygens (including phenoxy) is 1. The number of hydrogen-bond acceptors (Lipinski definition) is 2. The van der Waals surface area contributed by atoms with Crippen LogP contribution in [0.5, 0.6) is 5.75 Å². The van der Waals surface area contributed by atoms with Gasteiger partial charge in [0.05, 0.1) is 32.8 Å². The van der Waals surface area contributed by atoms with E-state index in [4.69, 9.17) is 4.74 Å². The van der Waals surface area contributed by atoms with E-state index in [1.165, 1.54) is 36.8 Å². The van der Waals surface area contributed by atoms with Crippen LogP contribution in [0, 0.1) is 17.8 Å². The van der Waals surface area contributed by atoms with Crippen molar-refractivity contribution >= 4 is 5.91 Å². The fraction of sp³-hybridized carbons (Fsp3) is 0.682. The van der Waals surface area contributed by atoms with Crippen LogP contribution < -0.4 is 9.64 Å². The van der Waals surface area contributed by atoms with Gasteiger partial charge in [0.2, 0.25) is 5.91 Å². The number of nitrogens with zero attached hydrogens (tertiary/aromatic N) is 1. The third-order valence-electron chi connectivity index (χ3n) is 7.35. The highest BCUT2D eigenvalue weighted by Crippen LogP contribution is 2.49. The van der Waals surface area contributed by atoms with Gasteiger partial charge >= 0.3 is 0 Å². The zero-order valence-corrected chi connectivity index (χ0v) is 15.7. The van der Waals surface area contributed by atoms with Gasteiger partial charge < -0.3 is 14.5 Å². The number of carbonyl (C=O) groups is 1. The Morgan fingerprint density at radius 2 is 2.08 bits per heavy atom. The first-order chi connectivity index (χ1) is 12.7. The van der Waals surface area contributed by atoms with Gasteiger partial charge in [-0.1, -0.05) is 6.42 Å². The van der Waals surface area contributed by atoms with Gasteiger partial charge in [0, 0.05) is 18.4 Å². The van der Waals surface area contributed by atoms with Crippen molar-refractivity contribution in [3.63, 3.8) is 0 Å². The minimum Gasteiger partial charge on any atom is -0.493 e. The van der Waals surface area contributed by atoms with Crippen molar-refractivity contribution in [3.8, 4) is 5.75 Å². The molecule has 1 N–H and O–H groups in total. The van der Waals surface area contributed by atoms with E-state index in [-0.39, 0.29) is 0 Å². The fourth-order valence-corrected chi connectivity index (χ4v) is 5.87. The molecule has 1 amide bonds. The van der Waals surface area contributed by atoms with Crippen LogP contribution >= 0.6 is 0 Å². The monoisotopic (exact) mass is 355 g/mol. The molecule has 4 heteroatoms. The average molecular weight is 356 g/mol. The topological polar surface area (TPSA) is 34.0 Å². The number of carbonyl (C=O) groups excluding carboxylic acids is 1. The molecule has 1 aromatic rings. The summed E-state index contributed by atoms with van der Waals surface area (Å²) in [6, 6.07) is 6.66. The number of nitrogens with one attached hydrogen (secondary N) is 1. The standard InChI is InChI=1S/C22H30N2O2/c25-22(14-20-12-16-1-3-18(20)11-16)24-8-6-23(7-9-24)15-17-2-4-21-19(13-17)5-10-26-21/h2,4,13,16,18,20H,1,3,5-12,14-15H2/p+1/t16-,18+,20+/m0/s1. The van der Waals surface area contributed by atoms with E-state index in [0.29, 0.717) is 11.8 Å². The van der Waals surface area contributed by atoms with Crippen LogP contribution in [-0.4, -0.2) is 43.6 Å². The molecule has 1 saturated heterocycles. The fourth-order valence-electron chi connectivity index (χ4n) is 5.87. The van der Waals surface area contributed by atoms with Crippen molar-refractivity contribution < 1.29 is 14.4 Å². The average Bonchev–Trinajstić information content (AvgIpc) is 3.38. The summed E-state index contributed by atoms with van der Waals surface area (Å²) in [5, 5.41) is 0. The van der Waals surface area contributed by atoms with Crippen molar-refractivity contribution in [2.75, 3.05) is 32.8 Å². The minimum absolute atomic E-state index is 0.427. The lowest BCUT2D eigenvalue weighted by Crippen LogP contribution is -3.13. The summed E-state index contributed by atoms with van der Waals surface area (Å²) in [6.07, 6.45) is 7.40. The van der Waals surface area contributed by atoms with Gasteiger partial charge in [-0.15, -0.1) is 0 Å². The largest absolute Gasteiger partial charge is 0.493 e. The first-order valence-corrected chi connectivity index (χ1v) is 10.6. The molecular weight excluding hydrogens is 324 g/mol. The molecule has 0 unspecified atom stereocenters. The number of quaternary nitrogens is 1. The van der Waals surface area contributed by atoms with Crippen LogP contribution in [0.15, 0.2) is 18.2 Å².